The summed E-state index contributed by atoms with van der Waals surface area (Å²) in [4.78, 5) is 24.0. The molecule has 2 aromatic rings. The second-order valence-corrected chi connectivity index (χ2v) is 6.62. The first-order valence-corrected chi connectivity index (χ1v) is 8.37. The van der Waals surface area contributed by atoms with E-state index in [1.807, 2.05) is 0 Å². The molecule has 0 unspecified atom stereocenters. The van der Waals surface area contributed by atoms with Gasteiger partial charge in [0.25, 0.3) is 5.91 Å². The Kier molecular flexibility index (Phi) is 5.92. The highest BCUT2D eigenvalue weighted by atomic mass is 19.4. The molecule has 2 N–H and O–H groups in total. The second kappa shape index (κ2) is 7.81. The molecule has 0 saturated heterocycles. The molecule has 0 aliphatic carbocycles. The maximum absolute atomic E-state index is 13.4. The molecule has 0 aliphatic heterocycles. The summed E-state index contributed by atoms with van der Waals surface area (Å²) < 4.78 is 40.9. The lowest BCUT2D eigenvalue weighted by molar-refractivity contribution is -0.145. The van der Waals surface area contributed by atoms with Crippen molar-refractivity contribution in [1.82, 2.24) is 9.78 Å². The predicted molar refractivity (Wildman–Crippen MR) is 95.5 cm³/mol. The topological polar surface area (TPSA) is 76.0 Å². The highest BCUT2D eigenvalue weighted by molar-refractivity contribution is 6.05. The van der Waals surface area contributed by atoms with Gasteiger partial charge in [-0.1, -0.05) is 13.8 Å². The van der Waals surface area contributed by atoms with Gasteiger partial charge in [-0.05, 0) is 38.1 Å². The average Bonchev–Trinajstić information content (AvgIpc) is 3.02. The van der Waals surface area contributed by atoms with Gasteiger partial charge in [-0.15, -0.1) is 0 Å². The number of amides is 2. The van der Waals surface area contributed by atoms with Crippen LogP contribution >= 0.6 is 0 Å². The summed E-state index contributed by atoms with van der Waals surface area (Å²) in [7, 11) is 0. The first-order valence-electron chi connectivity index (χ1n) is 8.37. The van der Waals surface area contributed by atoms with Crippen LogP contribution < -0.4 is 10.6 Å². The highest BCUT2D eigenvalue weighted by Gasteiger charge is 2.40. The van der Waals surface area contributed by atoms with Gasteiger partial charge < -0.3 is 10.6 Å². The van der Waals surface area contributed by atoms with Crippen LogP contribution in [0.15, 0.2) is 30.5 Å². The Morgan fingerprint density at radius 2 is 1.52 bits per heavy atom. The van der Waals surface area contributed by atoms with Gasteiger partial charge in [0.15, 0.2) is 5.69 Å². The van der Waals surface area contributed by atoms with Crippen molar-refractivity contribution in [1.29, 1.82) is 0 Å². The summed E-state index contributed by atoms with van der Waals surface area (Å²) >= 11 is 0. The summed E-state index contributed by atoms with van der Waals surface area (Å²) in [5, 5.41) is 8.80. The van der Waals surface area contributed by atoms with Gasteiger partial charge in [-0.3, -0.25) is 14.3 Å². The Bertz CT molecular complexity index is 824. The zero-order chi connectivity index (χ0) is 20.4. The Morgan fingerprint density at radius 3 is 1.96 bits per heavy atom. The molecule has 1 heterocycles. The van der Waals surface area contributed by atoms with Crippen molar-refractivity contribution in [3.8, 4) is 0 Å². The summed E-state index contributed by atoms with van der Waals surface area (Å²) in [6.07, 6.45) is -3.80. The number of alkyl halides is 3. The third kappa shape index (κ3) is 4.87. The molecule has 6 nitrogen and oxygen atoms in total. The van der Waals surface area contributed by atoms with Crippen LogP contribution in [-0.4, -0.2) is 21.6 Å². The van der Waals surface area contributed by atoms with Gasteiger partial charge in [-0.2, -0.15) is 18.3 Å². The largest absolute Gasteiger partial charge is 0.433 e. The zero-order valence-corrected chi connectivity index (χ0v) is 15.4. The van der Waals surface area contributed by atoms with E-state index in [2.05, 4.69) is 15.7 Å². The molecule has 0 saturated carbocycles. The number of aromatic nitrogens is 2. The number of carbonyl (C=O) groups excluding carboxylic acids is 2. The van der Waals surface area contributed by atoms with E-state index in [0.29, 0.717) is 11.4 Å². The van der Waals surface area contributed by atoms with Crippen LogP contribution in [0.1, 0.15) is 49.8 Å². The number of carbonyl (C=O) groups is 2. The molecule has 1 aromatic heterocycles. The molecule has 9 heteroatoms. The molecule has 0 atom stereocenters. The van der Waals surface area contributed by atoms with Gasteiger partial charge in [0.1, 0.15) is 0 Å². The molecule has 1 aromatic carbocycles. The van der Waals surface area contributed by atoms with E-state index in [-0.39, 0.29) is 11.8 Å². The molecule has 0 spiro atoms. The van der Waals surface area contributed by atoms with E-state index in [4.69, 9.17) is 0 Å². The van der Waals surface area contributed by atoms with Crippen molar-refractivity contribution < 1.29 is 22.8 Å². The lowest BCUT2D eigenvalue weighted by Crippen LogP contribution is -2.22. The van der Waals surface area contributed by atoms with Crippen molar-refractivity contribution in [3.63, 3.8) is 0 Å². The lowest BCUT2D eigenvalue weighted by atomic mass is 10.2. The van der Waals surface area contributed by atoms with Crippen LogP contribution in [-0.2, 0) is 11.0 Å². The summed E-state index contributed by atoms with van der Waals surface area (Å²) in [6.45, 7) is 6.60. The number of nitrogens with one attached hydrogen (secondary N) is 2. The molecule has 0 bridgehead atoms. The Balaban J connectivity index is 2.20. The summed E-state index contributed by atoms with van der Waals surface area (Å²) in [5.74, 6) is -1.27. The number of benzene rings is 1. The van der Waals surface area contributed by atoms with Gasteiger partial charge >= 0.3 is 6.18 Å². The maximum atomic E-state index is 13.4. The first-order chi connectivity index (χ1) is 12.5. The number of hydrogen-bond donors (Lipinski definition) is 2. The number of hydrogen-bond acceptors (Lipinski definition) is 3. The van der Waals surface area contributed by atoms with Crippen molar-refractivity contribution in [3.05, 3.63) is 41.7 Å². The lowest BCUT2D eigenvalue weighted by Gasteiger charge is -2.15. The zero-order valence-electron chi connectivity index (χ0n) is 15.4. The third-order valence-corrected chi connectivity index (χ3v) is 3.73. The highest BCUT2D eigenvalue weighted by Crippen LogP contribution is 2.34. The number of halogens is 3. The monoisotopic (exact) mass is 382 g/mol. The minimum absolute atomic E-state index is 0.164. The quantitative estimate of drug-likeness (QED) is 0.808. The second-order valence-electron chi connectivity index (χ2n) is 6.62. The number of rotatable bonds is 5. The molecule has 2 amide bonds. The van der Waals surface area contributed by atoms with Crippen LogP contribution in [0.2, 0.25) is 0 Å². The minimum atomic E-state index is -4.71. The average molecular weight is 382 g/mol. The van der Waals surface area contributed by atoms with Crippen LogP contribution in [0.5, 0.6) is 0 Å². The Morgan fingerprint density at radius 1 is 1.00 bits per heavy atom. The van der Waals surface area contributed by atoms with Crippen molar-refractivity contribution in [2.75, 3.05) is 10.6 Å². The van der Waals surface area contributed by atoms with Gasteiger partial charge in [0.05, 0.1) is 11.8 Å². The number of anilines is 2. The molecule has 146 valence electrons. The first kappa shape index (κ1) is 20.5. The minimum Gasteiger partial charge on any atom is -0.326 e. The van der Waals surface area contributed by atoms with Gasteiger partial charge in [0, 0.05) is 23.3 Å². The van der Waals surface area contributed by atoms with Crippen molar-refractivity contribution in [2.45, 2.75) is 39.9 Å². The SMILES string of the molecule is CC(C)C(=O)Nc1ccc(NC(=O)c2cnn(C(C)C)c2C(F)(F)F)cc1. The Hall–Kier alpha value is -2.84. The van der Waals surface area contributed by atoms with Crippen LogP contribution in [0.3, 0.4) is 0 Å². The third-order valence-electron chi connectivity index (χ3n) is 3.73. The van der Waals surface area contributed by atoms with E-state index in [1.54, 1.807) is 39.8 Å². The fourth-order valence-corrected chi connectivity index (χ4v) is 2.32. The van der Waals surface area contributed by atoms with E-state index in [9.17, 15) is 22.8 Å². The van der Waals surface area contributed by atoms with Crippen molar-refractivity contribution in [2.24, 2.45) is 5.92 Å². The normalized spacial score (nSPS) is 11.7. The van der Waals surface area contributed by atoms with E-state index in [1.165, 1.54) is 12.1 Å². The van der Waals surface area contributed by atoms with E-state index >= 15 is 0 Å². The molecule has 0 fully saturated rings. The molecule has 0 aliphatic rings. The van der Waals surface area contributed by atoms with Crippen LogP contribution in [0.25, 0.3) is 0 Å². The fourth-order valence-electron chi connectivity index (χ4n) is 2.32. The standard InChI is InChI=1S/C18H21F3N4O2/c1-10(2)16(26)23-12-5-7-13(8-6-12)24-17(27)14-9-22-25(11(3)4)15(14)18(19,20)21/h5-11H,1-4H3,(H,23,26)(H,24,27). The summed E-state index contributed by atoms with van der Waals surface area (Å²) in [5.41, 5.74) is -0.813. The fraction of sp³-hybridized carbons (Fsp3) is 0.389. The maximum Gasteiger partial charge on any atom is 0.433 e. The molecule has 0 radical (unpaired) electrons. The van der Waals surface area contributed by atoms with Crippen molar-refractivity contribution >= 4 is 23.2 Å². The smallest absolute Gasteiger partial charge is 0.326 e. The molecular formula is C18H21F3N4O2. The van der Waals surface area contributed by atoms with Gasteiger partial charge in [-0.25, -0.2) is 0 Å². The van der Waals surface area contributed by atoms with Crippen LogP contribution in [0.4, 0.5) is 24.5 Å². The summed E-state index contributed by atoms with van der Waals surface area (Å²) in [6, 6.07) is 5.55. The molecule has 2 rings (SSSR count). The molecular weight excluding hydrogens is 361 g/mol. The molecule has 27 heavy (non-hydrogen) atoms. The predicted octanol–water partition coefficient (Wildman–Crippen LogP) is 4.33. The van der Waals surface area contributed by atoms with E-state index in [0.717, 1.165) is 10.9 Å². The Labute approximate surface area is 154 Å². The van der Waals surface area contributed by atoms with Gasteiger partial charge in [0.2, 0.25) is 5.91 Å². The van der Waals surface area contributed by atoms with Crippen LogP contribution in [0, 0.1) is 5.92 Å². The van der Waals surface area contributed by atoms with E-state index < -0.39 is 29.4 Å². The number of nitrogens with zero attached hydrogens (tertiary/aromatic N) is 2.